The molecule has 8 nitrogen and oxygen atoms in total. The molecule has 172 valence electrons. The number of carbonyl (C=O) groups excluding carboxylic acids is 2. The minimum atomic E-state index is -0.997. The van der Waals surface area contributed by atoms with Gasteiger partial charge in [0, 0.05) is 51.1 Å². The van der Waals surface area contributed by atoms with Crippen LogP contribution < -0.4 is 15.8 Å². The van der Waals surface area contributed by atoms with Crippen molar-refractivity contribution in [3.63, 3.8) is 0 Å². The molecule has 1 aliphatic heterocycles. The van der Waals surface area contributed by atoms with Gasteiger partial charge in [-0.15, -0.1) is 0 Å². The van der Waals surface area contributed by atoms with Gasteiger partial charge in [-0.2, -0.15) is 0 Å². The second-order valence-electron chi connectivity index (χ2n) is 7.66. The SMILES string of the molecule is CCN1CCCCCN(C)n2cc(C(=O)NCc3ccc(F)cc3F)c(=O)c(O)c2C1=O. The topological polar surface area (TPSA) is 94.9 Å². The van der Waals surface area contributed by atoms with E-state index in [0.717, 1.165) is 25.3 Å². The van der Waals surface area contributed by atoms with Crippen LogP contribution in [0.15, 0.2) is 29.2 Å². The van der Waals surface area contributed by atoms with Crippen LogP contribution >= 0.6 is 0 Å². The molecule has 0 atom stereocenters. The molecule has 2 aromatic rings. The number of hydrogen-bond acceptors (Lipinski definition) is 5. The van der Waals surface area contributed by atoms with Crippen LogP contribution in [0.1, 0.15) is 52.6 Å². The van der Waals surface area contributed by atoms with E-state index in [0.29, 0.717) is 25.7 Å². The molecule has 1 aliphatic rings. The average Bonchev–Trinajstić information content (AvgIpc) is 2.76. The molecule has 0 radical (unpaired) electrons. The van der Waals surface area contributed by atoms with Crippen molar-refractivity contribution < 1.29 is 23.5 Å². The third-order valence-corrected chi connectivity index (χ3v) is 5.51. The van der Waals surface area contributed by atoms with Crippen molar-refractivity contribution in [3.05, 3.63) is 63.1 Å². The normalized spacial score (nSPS) is 14.8. The van der Waals surface area contributed by atoms with Crippen molar-refractivity contribution >= 4 is 11.8 Å². The summed E-state index contributed by atoms with van der Waals surface area (Å²) in [6.07, 6.45) is 3.73. The fourth-order valence-electron chi connectivity index (χ4n) is 3.64. The Morgan fingerprint density at radius 1 is 1.16 bits per heavy atom. The van der Waals surface area contributed by atoms with Gasteiger partial charge < -0.3 is 20.3 Å². The van der Waals surface area contributed by atoms with E-state index >= 15 is 0 Å². The Balaban J connectivity index is 1.98. The number of halogens is 2. The Morgan fingerprint density at radius 2 is 1.88 bits per heavy atom. The fourth-order valence-corrected chi connectivity index (χ4v) is 3.64. The minimum absolute atomic E-state index is 0.0361. The Kier molecular flexibility index (Phi) is 7.12. The number of fused-ring (bicyclic) bond motifs is 1. The monoisotopic (exact) mass is 448 g/mol. The van der Waals surface area contributed by atoms with Gasteiger partial charge >= 0.3 is 0 Å². The quantitative estimate of drug-likeness (QED) is 0.746. The number of benzene rings is 1. The lowest BCUT2D eigenvalue weighted by molar-refractivity contribution is 0.0741. The lowest BCUT2D eigenvalue weighted by Gasteiger charge is -2.30. The number of nitrogens with zero attached hydrogens (tertiary/aromatic N) is 3. The molecule has 0 spiro atoms. The van der Waals surface area contributed by atoms with Crippen molar-refractivity contribution in [3.8, 4) is 5.75 Å². The first kappa shape index (κ1) is 23.2. The summed E-state index contributed by atoms with van der Waals surface area (Å²) in [4.78, 5) is 40.1. The summed E-state index contributed by atoms with van der Waals surface area (Å²) < 4.78 is 28.2. The van der Waals surface area contributed by atoms with Gasteiger partial charge in [-0.05, 0) is 32.3 Å². The highest BCUT2D eigenvalue weighted by Crippen LogP contribution is 2.19. The molecule has 1 aromatic carbocycles. The number of carbonyl (C=O) groups is 2. The van der Waals surface area contributed by atoms with Gasteiger partial charge in [0.2, 0.25) is 5.43 Å². The second kappa shape index (κ2) is 9.80. The van der Waals surface area contributed by atoms with E-state index < -0.39 is 40.2 Å². The fraction of sp³-hybridized carbons (Fsp3) is 0.409. The third-order valence-electron chi connectivity index (χ3n) is 5.51. The van der Waals surface area contributed by atoms with Crippen LogP contribution in [0.3, 0.4) is 0 Å². The molecule has 0 aliphatic carbocycles. The molecule has 0 fully saturated rings. The summed E-state index contributed by atoms with van der Waals surface area (Å²) in [6, 6.07) is 2.94. The highest BCUT2D eigenvalue weighted by Gasteiger charge is 2.28. The number of aromatic hydroxyl groups is 1. The molecule has 2 heterocycles. The number of pyridine rings is 1. The van der Waals surface area contributed by atoms with E-state index in [1.807, 2.05) is 6.92 Å². The van der Waals surface area contributed by atoms with Gasteiger partial charge in [0.25, 0.3) is 11.8 Å². The first-order valence-electron chi connectivity index (χ1n) is 10.5. The molecule has 0 bridgehead atoms. The second-order valence-corrected chi connectivity index (χ2v) is 7.66. The maximum absolute atomic E-state index is 13.8. The molecular weight excluding hydrogens is 422 g/mol. The van der Waals surface area contributed by atoms with Crippen molar-refractivity contribution in [2.75, 3.05) is 31.7 Å². The van der Waals surface area contributed by atoms with Crippen molar-refractivity contribution in [2.24, 2.45) is 0 Å². The van der Waals surface area contributed by atoms with E-state index in [-0.39, 0.29) is 17.8 Å². The molecule has 0 saturated heterocycles. The van der Waals surface area contributed by atoms with Crippen LogP contribution in [0.25, 0.3) is 0 Å². The van der Waals surface area contributed by atoms with Crippen molar-refractivity contribution in [1.29, 1.82) is 0 Å². The Bertz CT molecular complexity index is 1090. The molecule has 1 aromatic heterocycles. The number of hydrogen-bond donors (Lipinski definition) is 2. The smallest absolute Gasteiger partial charge is 0.276 e. The predicted octanol–water partition coefficient (Wildman–Crippen LogP) is 1.98. The zero-order chi connectivity index (χ0) is 23.4. The minimum Gasteiger partial charge on any atom is -0.502 e. The van der Waals surface area contributed by atoms with E-state index in [4.69, 9.17) is 0 Å². The first-order chi connectivity index (χ1) is 15.2. The van der Waals surface area contributed by atoms with E-state index in [2.05, 4.69) is 5.32 Å². The van der Waals surface area contributed by atoms with E-state index in [1.54, 1.807) is 17.0 Å². The zero-order valence-corrected chi connectivity index (χ0v) is 18.0. The highest BCUT2D eigenvalue weighted by molar-refractivity contribution is 5.98. The van der Waals surface area contributed by atoms with Crippen LogP contribution in [0.2, 0.25) is 0 Å². The first-order valence-corrected chi connectivity index (χ1v) is 10.5. The molecule has 10 heteroatoms. The number of amides is 2. The molecule has 0 unspecified atom stereocenters. The summed E-state index contributed by atoms with van der Waals surface area (Å²) in [5.41, 5.74) is -1.56. The summed E-state index contributed by atoms with van der Waals surface area (Å²) in [5.74, 6) is -3.75. The molecule has 32 heavy (non-hydrogen) atoms. The average molecular weight is 448 g/mol. The molecular formula is C22H26F2N4O4. The maximum Gasteiger partial charge on any atom is 0.276 e. The van der Waals surface area contributed by atoms with Gasteiger partial charge in [0.15, 0.2) is 11.4 Å². The molecule has 3 rings (SSSR count). The van der Waals surface area contributed by atoms with Gasteiger partial charge in [0.1, 0.15) is 17.2 Å². The summed E-state index contributed by atoms with van der Waals surface area (Å²) >= 11 is 0. The molecule has 0 saturated carbocycles. The van der Waals surface area contributed by atoms with Crippen LogP contribution in [-0.2, 0) is 6.54 Å². The molecule has 2 N–H and O–H groups in total. The van der Waals surface area contributed by atoms with Crippen LogP contribution in [0.5, 0.6) is 5.75 Å². The van der Waals surface area contributed by atoms with Crippen molar-refractivity contribution in [2.45, 2.75) is 32.7 Å². The Morgan fingerprint density at radius 3 is 2.56 bits per heavy atom. The van der Waals surface area contributed by atoms with Gasteiger partial charge in [-0.1, -0.05) is 6.07 Å². The summed E-state index contributed by atoms with van der Waals surface area (Å²) in [5, 5.41) is 14.7. The maximum atomic E-state index is 13.8. The van der Waals surface area contributed by atoms with Crippen LogP contribution in [0, 0.1) is 11.6 Å². The van der Waals surface area contributed by atoms with E-state index in [9.17, 15) is 28.3 Å². The van der Waals surface area contributed by atoms with Crippen LogP contribution in [0.4, 0.5) is 8.78 Å². The van der Waals surface area contributed by atoms with Gasteiger partial charge in [-0.25, -0.2) is 8.78 Å². The summed E-state index contributed by atoms with van der Waals surface area (Å²) in [6.45, 7) is 2.96. The standard InChI is InChI=1S/C22H26F2N4O4/c1-3-27-10-6-4-5-9-26(2)28-13-16(19(29)20(30)18(28)22(27)32)21(31)25-12-14-7-8-15(23)11-17(14)24/h7-8,11,13,30H,3-6,9-10,12H2,1-2H3,(H,25,31). The zero-order valence-electron chi connectivity index (χ0n) is 18.0. The number of rotatable bonds is 4. The Labute approximate surface area is 184 Å². The lowest BCUT2D eigenvalue weighted by Crippen LogP contribution is -2.43. The van der Waals surface area contributed by atoms with Crippen molar-refractivity contribution in [1.82, 2.24) is 14.9 Å². The molecule has 2 amide bonds. The number of nitrogens with one attached hydrogen (secondary N) is 1. The van der Waals surface area contributed by atoms with Gasteiger partial charge in [-0.3, -0.25) is 19.1 Å². The largest absolute Gasteiger partial charge is 0.502 e. The lowest BCUT2D eigenvalue weighted by atomic mass is 10.1. The summed E-state index contributed by atoms with van der Waals surface area (Å²) in [7, 11) is 1.69. The van der Waals surface area contributed by atoms with Crippen LogP contribution in [-0.4, -0.2) is 53.2 Å². The predicted molar refractivity (Wildman–Crippen MR) is 114 cm³/mol. The van der Waals surface area contributed by atoms with E-state index in [1.165, 1.54) is 16.9 Å². The Hall–Kier alpha value is -3.43. The van der Waals surface area contributed by atoms with Gasteiger partial charge in [0.05, 0.1) is 0 Å². The number of aromatic nitrogens is 1. The third kappa shape index (κ3) is 4.74. The highest BCUT2D eigenvalue weighted by atomic mass is 19.1.